The fourth-order valence-corrected chi connectivity index (χ4v) is 2.40. The maximum absolute atomic E-state index is 5.66. The minimum atomic E-state index is 0.438. The van der Waals surface area contributed by atoms with Gasteiger partial charge in [-0.1, -0.05) is 19.3 Å². The first kappa shape index (κ1) is 10.0. The van der Waals surface area contributed by atoms with Crippen LogP contribution in [0.25, 0.3) is 0 Å². The SMILES string of the molecule is CN(C)C1(CCN)CCCCC1. The zero-order valence-corrected chi connectivity index (χ0v) is 8.47. The molecule has 2 N–H and O–H groups in total. The molecule has 0 aromatic carbocycles. The molecule has 0 aromatic heterocycles. The number of hydrogen-bond donors (Lipinski definition) is 1. The third kappa shape index (κ3) is 1.99. The Morgan fingerprint density at radius 2 is 1.75 bits per heavy atom. The van der Waals surface area contributed by atoms with Crippen molar-refractivity contribution >= 4 is 0 Å². The number of nitrogens with zero attached hydrogens (tertiary/aromatic N) is 1. The minimum absolute atomic E-state index is 0.438. The van der Waals surface area contributed by atoms with Gasteiger partial charge in [0.1, 0.15) is 0 Å². The molecule has 0 unspecified atom stereocenters. The Kier molecular flexibility index (Phi) is 3.53. The summed E-state index contributed by atoms with van der Waals surface area (Å²) in [6, 6.07) is 0. The Labute approximate surface area is 76.1 Å². The number of hydrogen-bond acceptors (Lipinski definition) is 2. The lowest BCUT2D eigenvalue weighted by Crippen LogP contribution is -2.47. The van der Waals surface area contributed by atoms with E-state index < -0.39 is 0 Å². The highest BCUT2D eigenvalue weighted by atomic mass is 15.1. The molecular formula is C10H22N2. The molecule has 0 aliphatic heterocycles. The first-order valence-electron chi connectivity index (χ1n) is 5.09. The third-order valence-corrected chi connectivity index (χ3v) is 3.34. The summed E-state index contributed by atoms with van der Waals surface area (Å²) >= 11 is 0. The van der Waals surface area contributed by atoms with Crippen LogP contribution in [0.2, 0.25) is 0 Å². The molecule has 0 heterocycles. The molecule has 72 valence electrons. The summed E-state index contributed by atoms with van der Waals surface area (Å²) in [7, 11) is 4.39. The van der Waals surface area contributed by atoms with Gasteiger partial charge < -0.3 is 10.6 Å². The van der Waals surface area contributed by atoms with Crippen molar-refractivity contribution < 1.29 is 0 Å². The lowest BCUT2D eigenvalue weighted by molar-refractivity contribution is 0.0930. The maximum atomic E-state index is 5.66. The third-order valence-electron chi connectivity index (χ3n) is 3.34. The molecular weight excluding hydrogens is 148 g/mol. The van der Waals surface area contributed by atoms with E-state index in [1.54, 1.807) is 0 Å². The van der Waals surface area contributed by atoms with Crippen molar-refractivity contribution in [1.29, 1.82) is 0 Å². The summed E-state index contributed by atoms with van der Waals surface area (Å²) in [5.41, 5.74) is 6.09. The van der Waals surface area contributed by atoms with E-state index in [2.05, 4.69) is 19.0 Å². The monoisotopic (exact) mass is 170 g/mol. The van der Waals surface area contributed by atoms with E-state index in [0.717, 1.165) is 6.54 Å². The molecule has 0 aromatic rings. The number of rotatable bonds is 3. The van der Waals surface area contributed by atoms with Crippen LogP contribution in [0.3, 0.4) is 0 Å². The Hall–Kier alpha value is -0.0800. The second-order valence-corrected chi connectivity index (χ2v) is 4.22. The van der Waals surface area contributed by atoms with E-state index in [4.69, 9.17) is 5.73 Å². The van der Waals surface area contributed by atoms with Gasteiger partial charge in [-0.05, 0) is 39.9 Å². The summed E-state index contributed by atoms with van der Waals surface area (Å²) in [6.07, 6.45) is 8.05. The Balaban J connectivity index is 2.56. The van der Waals surface area contributed by atoms with Crippen molar-refractivity contribution in [3.8, 4) is 0 Å². The van der Waals surface area contributed by atoms with Crippen LogP contribution in [0.1, 0.15) is 38.5 Å². The highest BCUT2D eigenvalue weighted by Crippen LogP contribution is 2.34. The van der Waals surface area contributed by atoms with E-state index in [0.29, 0.717) is 5.54 Å². The van der Waals surface area contributed by atoms with Crippen molar-refractivity contribution in [1.82, 2.24) is 4.90 Å². The molecule has 1 aliphatic rings. The summed E-state index contributed by atoms with van der Waals surface area (Å²) in [5.74, 6) is 0. The van der Waals surface area contributed by atoms with Crippen LogP contribution < -0.4 is 5.73 Å². The van der Waals surface area contributed by atoms with Crippen LogP contribution in [-0.2, 0) is 0 Å². The summed E-state index contributed by atoms with van der Waals surface area (Å²) in [6.45, 7) is 0.832. The van der Waals surface area contributed by atoms with Gasteiger partial charge >= 0.3 is 0 Å². The van der Waals surface area contributed by atoms with Crippen LogP contribution in [0, 0.1) is 0 Å². The maximum Gasteiger partial charge on any atom is 0.0215 e. The zero-order valence-electron chi connectivity index (χ0n) is 8.47. The van der Waals surface area contributed by atoms with Gasteiger partial charge in [-0.25, -0.2) is 0 Å². The highest BCUT2D eigenvalue weighted by Gasteiger charge is 2.32. The average Bonchev–Trinajstić information content (AvgIpc) is 2.06. The second kappa shape index (κ2) is 4.24. The van der Waals surface area contributed by atoms with Crippen molar-refractivity contribution in [2.75, 3.05) is 20.6 Å². The first-order valence-corrected chi connectivity index (χ1v) is 5.09. The molecule has 2 heteroatoms. The molecule has 0 saturated heterocycles. The van der Waals surface area contributed by atoms with Crippen LogP contribution >= 0.6 is 0 Å². The van der Waals surface area contributed by atoms with Gasteiger partial charge in [0.15, 0.2) is 0 Å². The Bertz CT molecular complexity index is 120. The molecule has 1 saturated carbocycles. The quantitative estimate of drug-likeness (QED) is 0.697. The Morgan fingerprint density at radius 3 is 2.17 bits per heavy atom. The fourth-order valence-electron chi connectivity index (χ4n) is 2.40. The van der Waals surface area contributed by atoms with Gasteiger partial charge in [-0.3, -0.25) is 0 Å². The minimum Gasteiger partial charge on any atom is -0.330 e. The molecule has 0 radical (unpaired) electrons. The lowest BCUT2D eigenvalue weighted by Gasteiger charge is -2.43. The second-order valence-electron chi connectivity index (χ2n) is 4.22. The predicted molar refractivity (Wildman–Crippen MR) is 53.2 cm³/mol. The molecule has 1 aliphatic carbocycles. The standard InChI is InChI=1S/C10H22N2/c1-12(2)10(8-9-11)6-4-3-5-7-10/h3-9,11H2,1-2H3. The topological polar surface area (TPSA) is 29.3 Å². The molecule has 0 spiro atoms. The van der Waals surface area contributed by atoms with E-state index in [1.807, 2.05) is 0 Å². The molecule has 0 amide bonds. The largest absolute Gasteiger partial charge is 0.330 e. The van der Waals surface area contributed by atoms with Crippen molar-refractivity contribution in [3.63, 3.8) is 0 Å². The predicted octanol–water partition coefficient (Wildman–Crippen LogP) is 1.60. The molecule has 0 bridgehead atoms. The van der Waals surface area contributed by atoms with E-state index in [9.17, 15) is 0 Å². The van der Waals surface area contributed by atoms with Gasteiger partial charge in [0.05, 0.1) is 0 Å². The highest BCUT2D eigenvalue weighted by molar-refractivity contribution is 4.90. The van der Waals surface area contributed by atoms with Crippen LogP contribution in [0.15, 0.2) is 0 Å². The summed E-state index contributed by atoms with van der Waals surface area (Å²) in [5, 5.41) is 0. The zero-order chi connectivity index (χ0) is 9.03. The van der Waals surface area contributed by atoms with Crippen LogP contribution in [0.5, 0.6) is 0 Å². The summed E-state index contributed by atoms with van der Waals surface area (Å²) in [4.78, 5) is 2.39. The van der Waals surface area contributed by atoms with Gasteiger partial charge in [-0.15, -0.1) is 0 Å². The molecule has 1 fully saturated rings. The molecule has 2 nitrogen and oxygen atoms in total. The van der Waals surface area contributed by atoms with Crippen LogP contribution in [-0.4, -0.2) is 31.1 Å². The van der Waals surface area contributed by atoms with Crippen molar-refractivity contribution in [3.05, 3.63) is 0 Å². The average molecular weight is 170 g/mol. The van der Waals surface area contributed by atoms with Gasteiger partial charge in [-0.2, -0.15) is 0 Å². The van der Waals surface area contributed by atoms with Crippen molar-refractivity contribution in [2.24, 2.45) is 5.73 Å². The van der Waals surface area contributed by atoms with Gasteiger partial charge in [0.25, 0.3) is 0 Å². The smallest absolute Gasteiger partial charge is 0.0215 e. The van der Waals surface area contributed by atoms with Gasteiger partial charge in [0, 0.05) is 5.54 Å². The molecule has 12 heavy (non-hydrogen) atoms. The molecule has 0 atom stereocenters. The van der Waals surface area contributed by atoms with E-state index in [1.165, 1.54) is 38.5 Å². The first-order chi connectivity index (χ1) is 5.71. The Morgan fingerprint density at radius 1 is 1.17 bits per heavy atom. The lowest BCUT2D eigenvalue weighted by atomic mass is 9.78. The summed E-state index contributed by atoms with van der Waals surface area (Å²) < 4.78 is 0. The van der Waals surface area contributed by atoms with E-state index in [-0.39, 0.29) is 0 Å². The van der Waals surface area contributed by atoms with Crippen molar-refractivity contribution in [2.45, 2.75) is 44.1 Å². The van der Waals surface area contributed by atoms with Gasteiger partial charge in [0.2, 0.25) is 0 Å². The van der Waals surface area contributed by atoms with Crippen LogP contribution in [0.4, 0.5) is 0 Å². The fraction of sp³-hybridized carbons (Fsp3) is 1.00. The normalized spacial score (nSPS) is 23.0. The van der Waals surface area contributed by atoms with E-state index >= 15 is 0 Å². The molecule has 1 rings (SSSR count). The number of nitrogens with two attached hydrogens (primary N) is 1.